The van der Waals surface area contributed by atoms with Crippen LogP contribution in [-0.2, 0) is 6.61 Å². The summed E-state index contributed by atoms with van der Waals surface area (Å²) in [6, 6.07) is 6.70. The molecular formula is C10H11F3O2S. The molecule has 0 heterocycles. The Kier molecular flexibility index (Phi) is 4.95. The first-order valence-corrected chi connectivity index (χ1v) is 5.54. The first kappa shape index (κ1) is 13.2. The van der Waals surface area contributed by atoms with Gasteiger partial charge >= 0.3 is 5.51 Å². The minimum Gasteiger partial charge on any atom is -0.492 e. The summed E-state index contributed by atoms with van der Waals surface area (Å²) >= 11 is -0.121. The van der Waals surface area contributed by atoms with Crippen LogP contribution in [0.5, 0.6) is 5.75 Å². The van der Waals surface area contributed by atoms with Gasteiger partial charge in [0, 0.05) is 11.3 Å². The first-order valence-electron chi connectivity index (χ1n) is 4.55. The second-order valence-corrected chi connectivity index (χ2v) is 4.07. The molecule has 0 unspecified atom stereocenters. The standard InChI is InChI=1S/C10H11F3O2S/c11-10(12,13)16-6-5-15-9-4-2-1-3-8(9)7-14/h1-4,14H,5-7H2. The maximum absolute atomic E-state index is 11.8. The van der Waals surface area contributed by atoms with Crippen LogP contribution in [0.1, 0.15) is 5.56 Å². The van der Waals surface area contributed by atoms with Crippen molar-refractivity contribution >= 4 is 11.8 Å². The van der Waals surface area contributed by atoms with Crippen LogP contribution in [0, 0.1) is 0 Å². The molecule has 0 saturated carbocycles. The van der Waals surface area contributed by atoms with E-state index in [1.807, 2.05) is 0 Å². The van der Waals surface area contributed by atoms with Gasteiger partial charge in [-0.25, -0.2) is 0 Å². The Morgan fingerprint density at radius 2 is 1.94 bits per heavy atom. The van der Waals surface area contributed by atoms with E-state index >= 15 is 0 Å². The van der Waals surface area contributed by atoms with Crippen LogP contribution in [0.4, 0.5) is 13.2 Å². The van der Waals surface area contributed by atoms with E-state index < -0.39 is 5.51 Å². The molecule has 6 heteroatoms. The van der Waals surface area contributed by atoms with Crippen LogP contribution in [0.15, 0.2) is 24.3 Å². The number of thioether (sulfide) groups is 1. The Labute approximate surface area is 95.4 Å². The minimum absolute atomic E-state index is 0.0405. The number of ether oxygens (including phenoxy) is 1. The van der Waals surface area contributed by atoms with E-state index in [2.05, 4.69) is 0 Å². The number of aliphatic hydroxyl groups excluding tert-OH is 1. The van der Waals surface area contributed by atoms with E-state index in [0.717, 1.165) is 0 Å². The Balaban J connectivity index is 2.37. The predicted molar refractivity (Wildman–Crippen MR) is 56.4 cm³/mol. The Bertz CT molecular complexity index is 328. The summed E-state index contributed by atoms with van der Waals surface area (Å²) in [6.07, 6.45) is 0. The normalized spacial score (nSPS) is 11.5. The van der Waals surface area contributed by atoms with Crippen molar-refractivity contribution in [1.29, 1.82) is 0 Å². The third-order valence-electron chi connectivity index (χ3n) is 1.75. The monoisotopic (exact) mass is 252 g/mol. The molecule has 1 aromatic rings. The summed E-state index contributed by atoms with van der Waals surface area (Å²) in [5.74, 6) is 0.260. The van der Waals surface area contributed by atoms with Crippen LogP contribution in [0.3, 0.4) is 0 Å². The highest BCUT2D eigenvalue weighted by Gasteiger charge is 2.27. The van der Waals surface area contributed by atoms with Gasteiger partial charge in [-0.15, -0.1) is 0 Å². The highest BCUT2D eigenvalue weighted by atomic mass is 32.2. The average molecular weight is 252 g/mol. The molecule has 0 aliphatic heterocycles. The fourth-order valence-corrected chi connectivity index (χ4v) is 1.48. The lowest BCUT2D eigenvalue weighted by molar-refractivity contribution is -0.0329. The van der Waals surface area contributed by atoms with Crippen molar-refractivity contribution in [2.24, 2.45) is 0 Å². The summed E-state index contributed by atoms with van der Waals surface area (Å²) in [5.41, 5.74) is -3.65. The molecule has 0 saturated heterocycles. The number of hydrogen-bond donors (Lipinski definition) is 1. The molecule has 0 spiro atoms. The van der Waals surface area contributed by atoms with E-state index in [1.165, 1.54) is 0 Å². The van der Waals surface area contributed by atoms with Crippen LogP contribution >= 0.6 is 11.8 Å². The van der Waals surface area contributed by atoms with Gasteiger partial charge in [-0.2, -0.15) is 13.2 Å². The molecular weight excluding hydrogens is 241 g/mol. The maximum Gasteiger partial charge on any atom is 0.441 e. The summed E-state index contributed by atoms with van der Waals surface area (Å²) in [6.45, 7) is -0.232. The average Bonchev–Trinajstić information content (AvgIpc) is 2.23. The van der Waals surface area contributed by atoms with Crippen molar-refractivity contribution in [2.75, 3.05) is 12.4 Å². The Morgan fingerprint density at radius 1 is 1.25 bits per heavy atom. The molecule has 0 aromatic heterocycles. The Morgan fingerprint density at radius 3 is 2.56 bits per heavy atom. The lowest BCUT2D eigenvalue weighted by Crippen LogP contribution is -2.08. The lowest BCUT2D eigenvalue weighted by atomic mass is 10.2. The van der Waals surface area contributed by atoms with Crippen LogP contribution in [0.2, 0.25) is 0 Å². The fraction of sp³-hybridized carbons (Fsp3) is 0.400. The predicted octanol–water partition coefficient (Wildman–Crippen LogP) is 2.81. The second-order valence-electron chi connectivity index (χ2n) is 2.91. The van der Waals surface area contributed by atoms with E-state index in [4.69, 9.17) is 9.84 Å². The molecule has 1 rings (SSSR count). The number of rotatable bonds is 5. The van der Waals surface area contributed by atoms with Gasteiger partial charge in [0.05, 0.1) is 13.2 Å². The van der Waals surface area contributed by atoms with E-state index in [9.17, 15) is 13.2 Å². The first-order chi connectivity index (χ1) is 7.53. The van der Waals surface area contributed by atoms with Crippen molar-refractivity contribution in [3.63, 3.8) is 0 Å². The van der Waals surface area contributed by atoms with E-state index in [-0.39, 0.29) is 30.7 Å². The highest BCUT2D eigenvalue weighted by Crippen LogP contribution is 2.29. The highest BCUT2D eigenvalue weighted by molar-refractivity contribution is 8.00. The second kappa shape index (κ2) is 6.00. The smallest absolute Gasteiger partial charge is 0.441 e. The number of hydrogen-bond acceptors (Lipinski definition) is 3. The minimum atomic E-state index is -4.22. The van der Waals surface area contributed by atoms with Gasteiger partial charge in [0.1, 0.15) is 5.75 Å². The fourth-order valence-electron chi connectivity index (χ4n) is 1.08. The van der Waals surface area contributed by atoms with Crippen molar-refractivity contribution < 1.29 is 23.0 Å². The molecule has 0 bridgehead atoms. The zero-order chi connectivity index (χ0) is 12.0. The lowest BCUT2D eigenvalue weighted by Gasteiger charge is -2.10. The number of benzene rings is 1. The zero-order valence-corrected chi connectivity index (χ0v) is 9.14. The molecule has 90 valence electrons. The molecule has 0 radical (unpaired) electrons. The molecule has 0 amide bonds. The largest absolute Gasteiger partial charge is 0.492 e. The van der Waals surface area contributed by atoms with E-state index in [0.29, 0.717) is 11.3 Å². The Hall–Kier alpha value is -0.880. The SMILES string of the molecule is OCc1ccccc1OCCSC(F)(F)F. The number of aliphatic hydroxyl groups is 1. The van der Waals surface area contributed by atoms with E-state index in [1.54, 1.807) is 24.3 Å². The molecule has 16 heavy (non-hydrogen) atoms. The molecule has 1 N–H and O–H groups in total. The van der Waals surface area contributed by atoms with Crippen LogP contribution in [-0.4, -0.2) is 23.0 Å². The van der Waals surface area contributed by atoms with Gasteiger partial charge in [0.25, 0.3) is 0 Å². The summed E-state index contributed by atoms with van der Waals surface area (Å²) in [4.78, 5) is 0. The van der Waals surface area contributed by atoms with Crippen LogP contribution < -0.4 is 4.74 Å². The third kappa shape index (κ3) is 4.76. The topological polar surface area (TPSA) is 29.5 Å². The molecule has 0 fully saturated rings. The summed E-state index contributed by atoms with van der Waals surface area (Å²) in [5, 5.41) is 8.94. The summed E-state index contributed by atoms with van der Waals surface area (Å²) < 4.78 is 40.5. The molecule has 1 aromatic carbocycles. The van der Waals surface area contributed by atoms with Crippen molar-refractivity contribution in [1.82, 2.24) is 0 Å². The molecule has 0 aliphatic carbocycles. The maximum atomic E-state index is 11.8. The number of halogens is 3. The zero-order valence-electron chi connectivity index (χ0n) is 8.33. The molecule has 2 nitrogen and oxygen atoms in total. The number of alkyl halides is 3. The molecule has 0 aliphatic rings. The van der Waals surface area contributed by atoms with Crippen molar-refractivity contribution in [3.05, 3.63) is 29.8 Å². The molecule has 0 atom stereocenters. The van der Waals surface area contributed by atoms with Gasteiger partial charge in [-0.05, 0) is 17.8 Å². The van der Waals surface area contributed by atoms with Crippen molar-refractivity contribution in [3.8, 4) is 5.75 Å². The van der Waals surface area contributed by atoms with Crippen LogP contribution in [0.25, 0.3) is 0 Å². The van der Waals surface area contributed by atoms with Gasteiger partial charge in [-0.1, -0.05) is 18.2 Å². The van der Waals surface area contributed by atoms with Gasteiger partial charge in [0.15, 0.2) is 0 Å². The van der Waals surface area contributed by atoms with Crippen molar-refractivity contribution in [2.45, 2.75) is 12.1 Å². The van der Waals surface area contributed by atoms with Gasteiger partial charge in [0.2, 0.25) is 0 Å². The third-order valence-corrected chi connectivity index (χ3v) is 2.45. The quantitative estimate of drug-likeness (QED) is 0.817. The summed E-state index contributed by atoms with van der Waals surface area (Å²) in [7, 11) is 0. The van der Waals surface area contributed by atoms with Gasteiger partial charge < -0.3 is 9.84 Å². The van der Waals surface area contributed by atoms with Gasteiger partial charge in [-0.3, -0.25) is 0 Å². The number of para-hydroxylation sites is 1.